The van der Waals surface area contributed by atoms with Gasteiger partial charge in [0, 0.05) is 29.7 Å². The summed E-state index contributed by atoms with van der Waals surface area (Å²) in [4.78, 5) is 5.97. The van der Waals surface area contributed by atoms with E-state index in [1.54, 1.807) is 0 Å². The topological polar surface area (TPSA) is 28.3 Å². The number of nitrogens with zero attached hydrogens (tertiary/aromatic N) is 1. The molecule has 3 heteroatoms. The van der Waals surface area contributed by atoms with Gasteiger partial charge in [0.15, 0.2) is 0 Å². The summed E-state index contributed by atoms with van der Waals surface area (Å²) in [6.07, 6.45) is 3.26. The zero-order valence-electron chi connectivity index (χ0n) is 11.6. The van der Waals surface area contributed by atoms with Gasteiger partial charge in [-0.1, -0.05) is 19.1 Å². The third kappa shape index (κ3) is 1.40. The number of aromatic nitrogens is 1. The molecule has 0 amide bonds. The summed E-state index contributed by atoms with van der Waals surface area (Å²) in [5.74, 6) is 0. The lowest BCUT2D eigenvalue weighted by molar-refractivity contribution is -0.143. The Bertz CT molecular complexity index is 633. The molecule has 2 aliphatic rings. The number of H-pyrrole nitrogens is 1. The number of fused-ring (bicyclic) bond motifs is 2. The third-order valence-electron chi connectivity index (χ3n) is 5.00. The van der Waals surface area contributed by atoms with Crippen LogP contribution < -0.4 is 0 Å². The zero-order valence-corrected chi connectivity index (χ0v) is 11.6. The fourth-order valence-electron chi connectivity index (χ4n) is 3.97. The van der Waals surface area contributed by atoms with Gasteiger partial charge in [0.2, 0.25) is 0 Å². The zero-order chi connectivity index (χ0) is 13.0. The van der Waals surface area contributed by atoms with Crippen molar-refractivity contribution in [1.29, 1.82) is 0 Å². The summed E-state index contributed by atoms with van der Waals surface area (Å²) in [7, 11) is 0. The highest BCUT2D eigenvalue weighted by molar-refractivity contribution is 5.88. The van der Waals surface area contributed by atoms with E-state index < -0.39 is 0 Å². The number of aromatic amines is 1. The van der Waals surface area contributed by atoms with Crippen molar-refractivity contribution in [2.75, 3.05) is 19.7 Å². The summed E-state index contributed by atoms with van der Waals surface area (Å²) in [6, 6.07) is 7.00. The van der Waals surface area contributed by atoms with Crippen LogP contribution in [0.4, 0.5) is 0 Å². The van der Waals surface area contributed by atoms with Gasteiger partial charge in [-0.25, -0.2) is 0 Å². The molecule has 1 aliphatic carbocycles. The number of hydrogen-bond donors (Lipinski definition) is 1. The monoisotopic (exact) mass is 256 g/mol. The number of rotatable bonds is 1. The van der Waals surface area contributed by atoms with Gasteiger partial charge in [0.1, 0.15) is 5.60 Å². The van der Waals surface area contributed by atoms with E-state index in [0.29, 0.717) is 6.04 Å². The summed E-state index contributed by atoms with van der Waals surface area (Å²) in [6.45, 7) is 7.49. The van der Waals surface area contributed by atoms with Crippen LogP contribution in [0.15, 0.2) is 24.4 Å². The Morgan fingerprint density at radius 2 is 2.37 bits per heavy atom. The van der Waals surface area contributed by atoms with Crippen LogP contribution in [0.1, 0.15) is 25.0 Å². The second kappa shape index (κ2) is 3.84. The van der Waals surface area contributed by atoms with Crippen LogP contribution in [0, 0.1) is 0 Å². The van der Waals surface area contributed by atoms with Gasteiger partial charge in [-0.15, -0.1) is 0 Å². The fraction of sp³-hybridized carbons (Fsp3) is 0.500. The molecule has 0 radical (unpaired) electrons. The summed E-state index contributed by atoms with van der Waals surface area (Å²) in [5, 5.41) is 1.39. The van der Waals surface area contributed by atoms with E-state index in [2.05, 4.69) is 48.1 Å². The summed E-state index contributed by atoms with van der Waals surface area (Å²) in [5.41, 5.74) is 3.88. The lowest BCUT2D eigenvalue weighted by Crippen LogP contribution is -2.58. The minimum Gasteiger partial charge on any atom is -0.368 e. The summed E-state index contributed by atoms with van der Waals surface area (Å²) >= 11 is 0. The smallest absolute Gasteiger partial charge is 0.107 e. The molecule has 1 aliphatic heterocycles. The SMILES string of the molecule is CCN1CCO[C@@]2(C)c3cccc4[nH]cc(c34)C[C@H]12. The maximum atomic E-state index is 6.26. The van der Waals surface area contributed by atoms with Crippen molar-refractivity contribution < 1.29 is 4.74 Å². The number of likely N-dealkylation sites (N-methyl/N-ethyl adjacent to an activating group) is 1. The largest absolute Gasteiger partial charge is 0.368 e. The van der Waals surface area contributed by atoms with Crippen molar-refractivity contribution in [3.8, 4) is 0 Å². The molecule has 1 fully saturated rings. The molecule has 0 saturated carbocycles. The predicted octanol–water partition coefficient (Wildman–Crippen LogP) is 2.66. The summed E-state index contributed by atoms with van der Waals surface area (Å²) < 4.78 is 6.26. The van der Waals surface area contributed by atoms with Crippen molar-refractivity contribution >= 4 is 10.9 Å². The Hall–Kier alpha value is -1.32. The third-order valence-corrected chi connectivity index (χ3v) is 5.00. The average molecular weight is 256 g/mol. The quantitative estimate of drug-likeness (QED) is 0.849. The predicted molar refractivity (Wildman–Crippen MR) is 76.3 cm³/mol. The molecule has 2 aromatic rings. The van der Waals surface area contributed by atoms with Crippen molar-refractivity contribution in [3.05, 3.63) is 35.5 Å². The van der Waals surface area contributed by atoms with Crippen LogP contribution in [0.5, 0.6) is 0 Å². The van der Waals surface area contributed by atoms with Crippen molar-refractivity contribution in [2.24, 2.45) is 0 Å². The van der Waals surface area contributed by atoms with Crippen molar-refractivity contribution in [3.63, 3.8) is 0 Å². The fourth-order valence-corrected chi connectivity index (χ4v) is 3.97. The molecule has 0 spiro atoms. The molecule has 1 N–H and O–H groups in total. The number of nitrogens with one attached hydrogen (secondary N) is 1. The van der Waals surface area contributed by atoms with Gasteiger partial charge in [0.05, 0.1) is 6.61 Å². The van der Waals surface area contributed by atoms with Crippen molar-refractivity contribution in [2.45, 2.75) is 31.9 Å². The lowest BCUT2D eigenvalue weighted by Gasteiger charge is -2.50. The molecule has 0 unspecified atom stereocenters. The van der Waals surface area contributed by atoms with E-state index >= 15 is 0 Å². The minimum absolute atomic E-state index is 0.164. The highest BCUT2D eigenvalue weighted by Gasteiger charge is 2.47. The van der Waals surface area contributed by atoms with E-state index in [9.17, 15) is 0 Å². The van der Waals surface area contributed by atoms with Crippen LogP contribution in [-0.2, 0) is 16.8 Å². The molecular formula is C16H20N2O. The Morgan fingerprint density at radius 1 is 1.47 bits per heavy atom. The molecular weight excluding hydrogens is 236 g/mol. The van der Waals surface area contributed by atoms with E-state index in [4.69, 9.17) is 4.74 Å². The van der Waals surface area contributed by atoms with E-state index in [-0.39, 0.29) is 5.60 Å². The minimum atomic E-state index is -0.164. The Morgan fingerprint density at radius 3 is 3.21 bits per heavy atom. The molecule has 4 rings (SSSR count). The molecule has 1 aromatic heterocycles. The first-order valence-corrected chi connectivity index (χ1v) is 7.21. The highest BCUT2D eigenvalue weighted by Crippen LogP contribution is 2.45. The number of morpholine rings is 1. The first-order valence-electron chi connectivity index (χ1n) is 7.21. The maximum absolute atomic E-state index is 6.26. The normalized spacial score (nSPS) is 30.5. The van der Waals surface area contributed by atoms with Crippen LogP contribution in [0.3, 0.4) is 0 Å². The Kier molecular flexibility index (Phi) is 2.32. The van der Waals surface area contributed by atoms with Gasteiger partial charge >= 0.3 is 0 Å². The molecule has 2 atom stereocenters. The van der Waals surface area contributed by atoms with Crippen LogP contribution >= 0.6 is 0 Å². The molecule has 2 heterocycles. The van der Waals surface area contributed by atoms with Gasteiger partial charge in [-0.3, -0.25) is 4.90 Å². The number of hydrogen-bond acceptors (Lipinski definition) is 2. The Balaban J connectivity index is 1.96. The first kappa shape index (κ1) is 11.5. The number of ether oxygens (including phenoxy) is 1. The molecule has 19 heavy (non-hydrogen) atoms. The van der Waals surface area contributed by atoms with Gasteiger partial charge in [0.25, 0.3) is 0 Å². The molecule has 0 bridgehead atoms. The van der Waals surface area contributed by atoms with E-state index in [1.807, 2.05) is 0 Å². The van der Waals surface area contributed by atoms with E-state index in [0.717, 1.165) is 26.1 Å². The first-order chi connectivity index (χ1) is 9.24. The van der Waals surface area contributed by atoms with Crippen LogP contribution in [-0.4, -0.2) is 35.6 Å². The van der Waals surface area contributed by atoms with Gasteiger partial charge in [-0.2, -0.15) is 0 Å². The van der Waals surface area contributed by atoms with Crippen LogP contribution in [0.25, 0.3) is 10.9 Å². The highest BCUT2D eigenvalue weighted by atomic mass is 16.5. The molecule has 3 nitrogen and oxygen atoms in total. The lowest BCUT2D eigenvalue weighted by atomic mass is 9.76. The molecule has 1 saturated heterocycles. The second-order valence-electron chi connectivity index (χ2n) is 5.85. The van der Waals surface area contributed by atoms with Gasteiger partial charge in [-0.05, 0) is 37.1 Å². The standard InChI is InChI=1S/C16H20N2O/c1-3-18-7-8-19-16(2)12-5-4-6-13-15(12)11(10-17-13)9-14(16)18/h4-6,10,14,17H,3,7-9H2,1-2H3/t14-,16-/m0/s1. The molecule has 1 aromatic carbocycles. The number of benzene rings is 1. The van der Waals surface area contributed by atoms with Crippen molar-refractivity contribution in [1.82, 2.24) is 9.88 Å². The Labute approximate surface area is 113 Å². The van der Waals surface area contributed by atoms with E-state index in [1.165, 1.54) is 22.0 Å². The molecule has 100 valence electrons. The van der Waals surface area contributed by atoms with Gasteiger partial charge < -0.3 is 9.72 Å². The average Bonchev–Trinajstić information content (AvgIpc) is 2.84. The van der Waals surface area contributed by atoms with Crippen LogP contribution in [0.2, 0.25) is 0 Å². The maximum Gasteiger partial charge on any atom is 0.107 e. The second-order valence-corrected chi connectivity index (χ2v) is 5.85.